The van der Waals surface area contributed by atoms with Gasteiger partial charge in [-0.05, 0) is 6.42 Å². The zero-order valence-corrected chi connectivity index (χ0v) is 11.9. The Hall–Kier alpha value is -1.85. The van der Waals surface area contributed by atoms with Crippen LogP contribution in [0.5, 0.6) is 0 Å². The van der Waals surface area contributed by atoms with Crippen LogP contribution in [0.25, 0.3) is 0 Å². The lowest BCUT2D eigenvalue weighted by Crippen LogP contribution is -2.49. The molecule has 21 heavy (non-hydrogen) atoms. The Bertz CT molecular complexity index is 405. The maximum atomic E-state index is 11.6. The lowest BCUT2D eigenvalue weighted by atomic mass is 10.1. The van der Waals surface area contributed by atoms with Crippen LogP contribution in [0.3, 0.4) is 0 Å². The van der Waals surface area contributed by atoms with Gasteiger partial charge in [-0.2, -0.15) is 12.6 Å². The van der Waals surface area contributed by atoms with E-state index in [4.69, 9.17) is 16.1 Å². The van der Waals surface area contributed by atoms with Crippen molar-refractivity contribution < 1.29 is 29.4 Å². The van der Waals surface area contributed by atoms with Gasteiger partial charge in [0.15, 0.2) is 0 Å². The van der Waals surface area contributed by atoms with Gasteiger partial charge in [0.05, 0.1) is 0 Å². The van der Waals surface area contributed by atoms with E-state index < -0.39 is 42.4 Å². The highest BCUT2D eigenvalue weighted by atomic mass is 32.1. The molecule has 120 valence electrons. The summed E-state index contributed by atoms with van der Waals surface area (Å²) >= 11 is 3.88. The third-order valence-electron chi connectivity index (χ3n) is 2.41. The number of carbonyl (C=O) groups excluding carboxylic acids is 2. The van der Waals surface area contributed by atoms with E-state index in [1.165, 1.54) is 0 Å². The van der Waals surface area contributed by atoms with Crippen molar-refractivity contribution in [2.75, 3.05) is 12.3 Å². The monoisotopic (exact) mass is 322 g/mol. The molecule has 0 aliphatic rings. The molecule has 0 rings (SSSR count). The highest BCUT2D eigenvalue weighted by molar-refractivity contribution is 7.80. The zero-order valence-electron chi connectivity index (χ0n) is 11.0. The highest BCUT2D eigenvalue weighted by Gasteiger charge is 2.21. The fraction of sp³-hybridized carbons (Fsp3) is 0.600. The Morgan fingerprint density at radius 2 is 1.76 bits per heavy atom. The number of aliphatic carboxylic acids is 2. The third-order valence-corrected chi connectivity index (χ3v) is 2.77. The van der Waals surface area contributed by atoms with Crippen LogP contribution in [0.15, 0.2) is 0 Å². The van der Waals surface area contributed by atoms with E-state index in [1.54, 1.807) is 0 Å². The SMILES string of the molecule is NNC(CCC(=O)NC(CS)C(=O)NCC(=O)O)C(=O)O. The van der Waals surface area contributed by atoms with Crippen molar-refractivity contribution in [3.05, 3.63) is 0 Å². The van der Waals surface area contributed by atoms with Crippen LogP contribution in [-0.4, -0.2) is 58.3 Å². The normalized spacial score (nSPS) is 13.0. The molecular weight excluding hydrogens is 304 g/mol. The van der Waals surface area contributed by atoms with E-state index in [1.807, 2.05) is 5.43 Å². The number of carboxylic acids is 2. The molecular formula is C10H18N4O6S. The summed E-state index contributed by atoms with van der Waals surface area (Å²) in [4.78, 5) is 44.1. The largest absolute Gasteiger partial charge is 0.480 e. The topological polar surface area (TPSA) is 171 Å². The molecule has 2 amide bonds. The molecule has 0 aromatic carbocycles. The molecule has 0 radical (unpaired) electrons. The van der Waals surface area contributed by atoms with Gasteiger partial charge < -0.3 is 20.8 Å². The lowest BCUT2D eigenvalue weighted by molar-refractivity contribution is -0.140. The molecule has 0 saturated carbocycles. The molecule has 0 aliphatic heterocycles. The Morgan fingerprint density at radius 3 is 2.19 bits per heavy atom. The molecule has 0 heterocycles. The van der Waals surface area contributed by atoms with E-state index in [-0.39, 0.29) is 18.6 Å². The van der Waals surface area contributed by atoms with Crippen molar-refractivity contribution >= 4 is 36.4 Å². The first-order chi connectivity index (χ1) is 9.81. The van der Waals surface area contributed by atoms with Crippen LogP contribution in [0.2, 0.25) is 0 Å². The summed E-state index contributed by atoms with van der Waals surface area (Å²) in [7, 11) is 0. The van der Waals surface area contributed by atoms with E-state index >= 15 is 0 Å². The Kier molecular flexibility index (Phi) is 9.08. The summed E-state index contributed by atoms with van der Waals surface area (Å²) < 4.78 is 0. The number of hydrazine groups is 1. The van der Waals surface area contributed by atoms with Gasteiger partial charge >= 0.3 is 11.9 Å². The average molecular weight is 322 g/mol. The van der Waals surface area contributed by atoms with Crippen molar-refractivity contribution in [2.24, 2.45) is 5.84 Å². The molecule has 2 atom stereocenters. The van der Waals surface area contributed by atoms with Crippen LogP contribution < -0.4 is 21.9 Å². The minimum atomic E-state index is -1.22. The molecule has 7 N–H and O–H groups in total. The second-order valence-corrected chi connectivity index (χ2v) is 4.38. The fourth-order valence-electron chi connectivity index (χ4n) is 1.30. The van der Waals surface area contributed by atoms with E-state index in [9.17, 15) is 19.2 Å². The molecule has 0 aliphatic carbocycles. The molecule has 0 fully saturated rings. The quantitative estimate of drug-likeness (QED) is 0.129. The van der Waals surface area contributed by atoms with Crippen molar-refractivity contribution in [3.63, 3.8) is 0 Å². The number of rotatable bonds is 10. The van der Waals surface area contributed by atoms with Gasteiger partial charge in [0.1, 0.15) is 18.6 Å². The summed E-state index contributed by atoms with van der Waals surface area (Å²) in [6, 6.07) is -2.08. The van der Waals surface area contributed by atoms with Gasteiger partial charge in [0, 0.05) is 12.2 Å². The summed E-state index contributed by atoms with van der Waals surface area (Å²) in [5, 5.41) is 21.6. The van der Waals surface area contributed by atoms with Gasteiger partial charge in [-0.25, -0.2) is 5.43 Å². The predicted octanol–water partition coefficient (Wildman–Crippen LogP) is -2.70. The van der Waals surface area contributed by atoms with Crippen LogP contribution >= 0.6 is 12.6 Å². The fourth-order valence-corrected chi connectivity index (χ4v) is 1.56. The van der Waals surface area contributed by atoms with Crippen molar-refractivity contribution in [2.45, 2.75) is 24.9 Å². The number of nitrogens with two attached hydrogens (primary N) is 1. The number of hydrogen-bond donors (Lipinski definition) is 7. The summed E-state index contributed by atoms with van der Waals surface area (Å²) in [5.41, 5.74) is 2.04. The van der Waals surface area contributed by atoms with E-state index in [0.29, 0.717) is 0 Å². The molecule has 0 spiro atoms. The Balaban J connectivity index is 4.29. The number of carboxylic acid groups (broad SMARTS) is 2. The first-order valence-electron chi connectivity index (χ1n) is 5.90. The van der Waals surface area contributed by atoms with Crippen molar-refractivity contribution in [1.29, 1.82) is 0 Å². The summed E-state index contributed by atoms with van der Waals surface area (Å²) in [5.74, 6) is 1.30. The molecule has 11 heteroatoms. The van der Waals surface area contributed by atoms with E-state index in [2.05, 4.69) is 23.3 Å². The number of carbonyl (C=O) groups is 4. The number of thiol groups is 1. The first kappa shape index (κ1) is 19.1. The maximum Gasteiger partial charge on any atom is 0.322 e. The van der Waals surface area contributed by atoms with Crippen LogP contribution in [0, 0.1) is 0 Å². The van der Waals surface area contributed by atoms with Gasteiger partial charge in [0.25, 0.3) is 0 Å². The first-order valence-corrected chi connectivity index (χ1v) is 6.53. The number of hydrogen-bond acceptors (Lipinski definition) is 7. The molecule has 10 nitrogen and oxygen atoms in total. The van der Waals surface area contributed by atoms with Gasteiger partial charge in [-0.1, -0.05) is 0 Å². The second kappa shape index (κ2) is 9.96. The molecule has 0 aromatic rings. The van der Waals surface area contributed by atoms with Crippen molar-refractivity contribution in [3.8, 4) is 0 Å². The Morgan fingerprint density at radius 1 is 1.14 bits per heavy atom. The molecule has 0 bridgehead atoms. The van der Waals surface area contributed by atoms with Gasteiger partial charge in [0.2, 0.25) is 11.8 Å². The van der Waals surface area contributed by atoms with Crippen LogP contribution in [0.4, 0.5) is 0 Å². The van der Waals surface area contributed by atoms with Gasteiger partial charge in [-0.3, -0.25) is 25.0 Å². The summed E-state index contributed by atoms with van der Waals surface area (Å²) in [6.07, 6.45) is -0.231. The van der Waals surface area contributed by atoms with Crippen LogP contribution in [-0.2, 0) is 19.2 Å². The number of amides is 2. The van der Waals surface area contributed by atoms with Gasteiger partial charge in [-0.15, -0.1) is 0 Å². The Labute approximate surface area is 125 Å². The lowest BCUT2D eigenvalue weighted by Gasteiger charge is -2.16. The summed E-state index contributed by atoms with van der Waals surface area (Å²) in [6.45, 7) is -0.572. The molecule has 0 aromatic heterocycles. The molecule has 2 unspecified atom stereocenters. The smallest absolute Gasteiger partial charge is 0.322 e. The predicted molar refractivity (Wildman–Crippen MR) is 74.4 cm³/mol. The maximum absolute atomic E-state index is 11.6. The highest BCUT2D eigenvalue weighted by Crippen LogP contribution is 1.98. The molecule has 0 saturated heterocycles. The average Bonchev–Trinajstić information content (AvgIpc) is 2.42. The standard InChI is InChI=1S/C10H18N4O6S/c11-14-5(10(19)20)1-2-7(15)13-6(4-21)9(18)12-3-8(16)17/h5-6,14,21H,1-4,11H2,(H,12,18)(H,13,15)(H,16,17)(H,19,20). The minimum absolute atomic E-state index is 0.0330. The third kappa shape index (κ3) is 8.12. The second-order valence-electron chi connectivity index (χ2n) is 4.01. The minimum Gasteiger partial charge on any atom is -0.480 e. The van der Waals surface area contributed by atoms with Crippen LogP contribution in [0.1, 0.15) is 12.8 Å². The number of nitrogens with one attached hydrogen (secondary N) is 3. The van der Waals surface area contributed by atoms with Crippen molar-refractivity contribution in [1.82, 2.24) is 16.1 Å². The van der Waals surface area contributed by atoms with E-state index in [0.717, 1.165) is 0 Å². The zero-order chi connectivity index (χ0) is 16.4.